The first-order valence-corrected chi connectivity index (χ1v) is 6.34. The van der Waals surface area contributed by atoms with E-state index in [1.807, 2.05) is 6.07 Å². The summed E-state index contributed by atoms with van der Waals surface area (Å²) < 4.78 is 13.2. The highest BCUT2D eigenvalue weighted by Gasteiger charge is 2.18. The van der Waals surface area contributed by atoms with Crippen molar-refractivity contribution in [3.63, 3.8) is 0 Å². The van der Waals surface area contributed by atoms with Crippen molar-refractivity contribution in [3.05, 3.63) is 54.1 Å². The molecule has 0 aromatic heterocycles. The monoisotopic (exact) mass is 305 g/mol. The number of carbonyl (C=O) groups excluding carboxylic acids is 1. The van der Waals surface area contributed by atoms with Crippen molar-refractivity contribution in [3.8, 4) is 5.75 Å². The maximum Gasteiger partial charge on any atom is 0.340 e. The van der Waals surface area contributed by atoms with Gasteiger partial charge in [0.1, 0.15) is 11.3 Å². The van der Waals surface area contributed by atoms with Crippen LogP contribution in [0.1, 0.15) is 17.3 Å². The van der Waals surface area contributed by atoms with E-state index in [2.05, 4.69) is 6.58 Å². The summed E-state index contributed by atoms with van der Waals surface area (Å²) in [6.45, 7) is 4.97. The van der Waals surface area contributed by atoms with E-state index in [0.29, 0.717) is 5.39 Å². The quantitative estimate of drug-likeness (QED) is 0.407. The van der Waals surface area contributed by atoms with Gasteiger partial charge >= 0.3 is 21.1 Å². The molecule has 0 saturated heterocycles. The molecule has 108 valence electrons. The topological polar surface area (TPSA) is 80.7 Å². The second-order valence-corrected chi connectivity index (χ2v) is 4.13. The number of ether oxygens (including phenoxy) is 1. The van der Waals surface area contributed by atoms with Gasteiger partial charge in [-0.2, -0.15) is 0 Å². The van der Waals surface area contributed by atoms with Gasteiger partial charge in [0, 0.05) is 5.57 Å². The van der Waals surface area contributed by atoms with Gasteiger partial charge in [-0.15, -0.1) is 0 Å². The molecule has 2 aromatic carbocycles. The van der Waals surface area contributed by atoms with Crippen LogP contribution in [0.2, 0.25) is 0 Å². The molecule has 0 spiro atoms. The normalized spacial score (nSPS) is 9.38. The van der Waals surface area contributed by atoms with E-state index in [9.17, 15) is 14.7 Å². The van der Waals surface area contributed by atoms with Crippen molar-refractivity contribution < 1.29 is 24.0 Å². The van der Waals surface area contributed by atoms with Crippen molar-refractivity contribution in [2.45, 2.75) is 6.92 Å². The zero-order valence-corrected chi connectivity index (χ0v) is 12.5. The van der Waals surface area contributed by atoms with Crippen LogP contribution in [0.3, 0.4) is 0 Å². The minimum atomic E-state index is -1.14. The molecule has 0 fully saturated rings. The van der Waals surface area contributed by atoms with E-state index in [-0.39, 0.29) is 16.9 Å². The number of carbonyl (C=O) groups is 2. The van der Waals surface area contributed by atoms with Crippen molar-refractivity contribution >= 4 is 31.8 Å². The van der Waals surface area contributed by atoms with Crippen LogP contribution >= 0.6 is 9.12 Å². The first-order chi connectivity index (χ1) is 10.0. The Morgan fingerprint density at radius 3 is 2.33 bits per heavy atom. The van der Waals surface area contributed by atoms with Crippen LogP contribution < -0.4 is 4.74 Å². The SMILES string of the molecule is C=C(C)C(=O)Oc1ccc2ccccc2c1C(=O)O.O=[PH2+]. The van der Waals surface area contributed by atoms with Gasteiger partial charge in [0.2, 0.25) is 0 Å². The Morgan fingerprint density at radius 1 is 1.14 bits per heavy atom. The van der Waals surface area contributed by atoms with Gasteiger partial charge in [-0.3, -0.25) is 0 Å². The zero-order chi connectivity index (χ0) is 16.0. The fourth-order valence-electron chi connectivity index (χ4n) is 1.74. The lowest BCUT2D eigenvalue weighted by atomic mass is 10.0. The molecule has 0 aliphatic heterocycles. The van der Waals surface area contributed by atoms with Crippen LogP contribution in [-0.2, 0) is 9.36 Å². The molecule has 2 rings (SSSR count). The van der Waals surface area contributed by atoms with E-state index in [0.717, 1.165) is 5.39 Å². The molecular formula is C15H14O5P+. The molecule has 1 atom stereocenters. The third-order valence-electron chi connectivity index (χ3n) is 2.66. The van der Waals surface area contributed by atoms with E-state index >= 15 is 0 Å². The molecular weight excluding hydrogens is 291 g/mol. The summed E-state index contributed by atoms with van der Waals surface area (Å²) in [6.07, 6.45) is 0. The largest absolute Gasteiger partial charge is 0.478 e. The first-order valence-electron chi connectivity index (χ1n) is 5.87. The molecule has 21 heavy (non-hydrogen) atoms. The minimum absolute atomic E-state index is 0.0206. The predicted molar refractivity (Wildman–Crippen MR) is 81.8 cm³/mol. The van der Waals surface area contributed by atoms with Crippen LogP contribution in [-0.4, -0.2) is 17.0 Å². The van der Waals surface area contributed by atoms with E-state index in [1.54, 1.807) is 24.3 Å². The Labute approximate surface area is 123 Å². The summed E-state index contributed by atoms with van der Waals surface area (Å²) in [7, 11) is 1.17. The standard InChI is InChI=1S/C15H12O4.H2OP/c1-9(2)15(18)19-12-8-7-10-5-3-4-6-11(10)13(12)14(16)17;1-2/h3-8H,1H2,2H3,(H,16,17);2H2/q;+1. The Balaban J connectivity index is 0.00000106. The van der Waals surface area contributed by atoms with E-state index < -0.39 is 11.9 Å². The summed E-state index contributed by atoms with van der Waals surface area (Å²) in [6, 6.07) is 10.2. The molecule has 0 aliphatic carbocycles. The molecule has 2 aromatic rings. The van der Waals surface area contributed by atoms with Gasteiger partial charge in [-0.25, -0.2) is 9.59 Å². The lowest BCUT2D eigenvalue weighted by Gasteiger charge is -2.10. The zero-order valence-electron chi connectivity index (χ0n) is 11.3. The fourth-order valence-corrected chi connectivity index (χ4v) is 1.74. The smallest absolute Gasteiger partial charge is 0.340 e. The van der Waals surface area contributed by atoms with Gasteiger partial charge in [0.25, 0.3) is 0 Å². The van der Waals surface area contributed by atoms with Gasteiger partial charge in [0.05, 0.1) is 0 Å². The van der Waals surface area contributed by atoms with Crippen LogP contribution in [0, 0.1) is 0 Å². The predicted octanol–water partition coefficient (Wildman–Crippen LogP) is 3.23. The number of rotatable bonds is 3. The van der Waals surface area contributed by atoms with Crippen molar-refractivity contribution in [1.29, 1.82) is 0 Å². The highest BCUT2D eigenvalue weighted by atomic mass is 31.0. The molecule has 1 unspecified atom stereocenters. The number of aromatic carboxylic acids is 1. The second-order valence-electron chi connectivity index (χ2n) is 4.13. The van der Waals surface area contributed by atoms with Crippen molar-refractivity contribution in [2.24, 2.45) is 0 Å². The van der Waals surface area contributed by atoms with E-state index in [1.165, 1.54) is 22.1 Å². The highest BCUT2D eigenvalue weighted by Crippen LogP contribution is 2.28. The molecule has 6 heteroatoms. The van der Waals surface area contributed by atoms with Crippen LogP contribution in [0.4, 0.5) is 0 Å². The number of benzene rings is 2. The summed E-state index contributed by atoms with van der Waals surface area (Å²) in [5.41, 5.74) is 0.192. The Hall–Kier alpha value is -2.52. The number of esters is 1. The highest BCUT2D eigenvalue weighted by molar-refractivity contribution is 7.00. The van der Waals surface area contributed by atoms with Crippen molar-refractivity contribution in [1.82, 2.24) is 0 Å². The van der Waals surface area contributed by atoms with Gasteiger partial charge in [-0.05, 0) is 23.8 Å². The summed E-state index contributed by atoms with van der Waals surface area (Å²) >= 11 is 0. The molecule has 0 amide bonds. The fraction of sp³-hybridized carbons (Fsp3) is 0.0667. The third kappa shape index (κ3) is 3.74. The summed E-state index contributed by atoms with van der Waals surface area (Å²) in [4.78, 5) is 22.9. The molecule has 0 radical (unpaired) electrons. The minimum Gasteiger partial charge on any atom is -0.478 e. The average molecular weight is 305 g/mol. The number of carboxylic acid groups (broad SMARTS) is 1. The second kappa shape index (κ2) is 7.31. The van der Waals surface area contributed by atoms with E-state index in [4.69, 9.17) is 9.30 Å². The lowest BCUT2D eigenvalue weighted by molar-refractivity contribution is -0.130. The number of carboxylic acids is 1. The van der Waals surface area contributed by atoms with Gasteiger partial charge in [0.15, 0.2) is 0 Å². The first kappa shape index (κ1) is 16.5. The Kier molecular flexibility index (Phi) is 5.76. The molecule has 0 aliphatic rings. The van der Waals surface area contributed by atoms with Crippen molar-refractivity contribution in [2.75, 3.05) is 0 Å². The maximum atomic E-state index is 11.5. The average Bonchev–Trinajstić information content (AvgIpc) is 2.48. The molecule has 0 heterocycles. The van der Waals surface area contributed by atoms with Crippen LogP contribution in [0.25, 0.3) is 10.8 Å². The molecule has 5 nitrogen and oxygen atoms in total. The summed E-state index contributed by atoms with van der Waals surface area (Å²) in [5.74, 6) is -1.75. The van der Waals surface area contributed by atoms with Crippen LogP contribution in [0.15, 0.2) is 48.6 Å². The number of hydrogen-bond donors (Lipinski definition) is 1. The number of hydrogen-bond acceptors (Lipinski definition) is 4. The van der Waals surface area contributed by atoms with Gasteiger partial charge < -0.3 is 9.84 Å². The van der Waals surface area contributed by atoms with Gasteiger partial charge in [-0.1, -0.05) is 41.5 Å². The maximum absolute atomic E-state index is 11.5. The Morgan fingerprint density at radius 2 is 1.76 bits per heavy atom. The summed E-state index contributed by atoms with van der Waals surface area (Å²) in [5, 5.41) is 10.6. The number of fused-ring (bicyclic) bond motifs is 1. The Bertz CT molecular complexity index is 708. The molecule has 1 N–H and O–H groups in total. The lowest BCUT2D eigenvalue weighted by Crippen LogP contribution is -2.11. The third-order valence-corrected chi connectivity index (χ3v) is 2.66. The van der Waals surface area contributed by atoms with Crippen LogP contribution in [0.5, 0.6) is 5.75 Å². The molecule has 0 saturated carbocycles. The molecule has 0 bridgehead atoms.